The molecule has 0 unspecified atom stereocenters. The summed E-state index contributed by atoms with van der Waals surface area (Å²) in [5, 5.41) is 6.82. The minimum atomic E-state index is 0.547. The van der Waals surface area contributed by atoms with Crippen molar-refractivity contribution in [3.8, 4) is 10.6 Å². The number of aryl methyl sites for hydroxylation is 1. The van der Waals surface area contributed by atoms with E-state index in [4.69, 9.17) is 5.73 Å². The number of nitrogens with one attached hydrogen (secondary N) is 1. The Morgan fingerprint density at radius 3 is 3.00 bits per heavy atom. The molecule has 0 bridgehead atoms. The van der Waals surface area contributed by atoms with Crippen molar-refractivity contribution in [1.29, 1.82) is 0 Å². The van der Waals surface area contributed by atoms with Crippen molar-refractivity contribution in [1.82, 2.24) is 10.2 Å². The summed E-state index contributed by atoms with van der Waals surface area (Å²) < 4.78 is 0. The normalized spacial score (nSPS) is 10.6. The third-order valence-electron chi connectivity index (χ3n) is 2.02. The monoisotopic (exact) mass is 207 g/mol. The fourth-order valence-electron chi connectivity index (χ4n) is 1.37. The lowest BCUT2D eigenvalue weighted by molar-refractivity contribution is 0.940. The second-order valence-electron chi connectivity index (χ2n) is 3.22. The summed E-state index contributed by atoms with van der Waals surface area (Å²) in [5.74, 6) is 0.547. The molecule has 74 valence electrons. The Balaban J connectivity index is 2.24. The number of hydrogen-bond donors (Lipinski definition) is 2. The summed E-state index contributed by atoms with van der Waals surface area (Å²) in [6, 6.07) is 6.14. The van der Waals surface area contributed by atoms with E-state index in [0.29, 0.717) is 5.82 Å². The molecule has 0 spiro atoms. The Labute approximate surface area is 87.0 Å². The zero-order chi connectivity index (χ0) is 9.97. The molecule has 2 aromatic heterocycles. The molecule has 0 fully saturated rings. The van der Waals surface area contributed by atoms with E-state index in [-0.39, 0.29) is 0 Å². The largest absolute Gasteiger partial charge is 0.382 e. The molecule has 0 amide bonds. The summed E-state index contributed by atoms with van der Waals surface area (Å²) in [6.07, 6.45) is 2.33. The van der Waals surface area contributed by atoms with Crippen molar-refractivity contribution in [3.63, 3.8) is 0 Å². The van der Waals surface area contributed by atoms with Crippen LogP contribution in [0.5, 0.6) is 0 Å². The van der Waals surface area contributed by atoms with Crippen molar-refractivity contribution in [2.45, 2.75) is 19.8 Å². The molecular formula is C10H13N3S. The van der Waals surface area contributed by atoms with Crippen molar-refractivity contribution in [2.75, 3.05) is 5.73 Å². The third kappa shape index (κ3) is 1.80. The van der Waals surface area contributed by atoms with Gasteiger partial charge in [0.15, 0.2) is 0 Å². The molecule has 0 aliphatic heterocycles. The molecule has 0 saturated heterocycles. The van der Waals surface area contributed by atoms with E-state index in [1.54, 1.807) is 11.3 Å². The molecule has 0 aromatic carbocycles. The van der Waals surface area contributed by atoms with E-state index in [1.807, 2.05) is 6.07 Å². The first-order chi connectivity index (χ1) is 6.79. The van der Waals surface area contributed by atoms with Gasteiger partial charge in [-0.15, -0.1) is 11.3 Å². The minimum Gasteiger partial charge on any atom is -0.382 e. The lowest BCUT2D eigenvalue weighted by atomic mass is 10.3. The van der Waals surface area contributed by atoms with Crippen LogP contribution in [-0.4, -0.2) is 10.2 Å². The maximum absolute atomic E-state index is 5.54. The second kappa shape index (κ2) is 3.84. The second-order valence-corrected chi connectivity index (χ2v) is 4.39. The van der Waals surface area contributed by atoms with E-state index in [0.717, 1.165) is 12.1 Å². The predicted molar refractivity (Wildman–Crippen MR) is 60.3 cm³/mol. The third-order valence-corrected chi connectivity index (χ3v) is 3.20. The maximum Gasteiger partial charge on any atom is 0.145 e. The zero-order valence-corrected chi connectivity index (χ0v) is 8.90. The highest BCUT2D eigenvalue weighted by Gasteiger charge is 2.04. The number of aromatic nitrogens is 2. The van der Waals surface area contributed by atoms with Crippen LogP contribution >= 0.6 is 11.3 Å². The van der Waals surface area contributed by atoms with Crippen LogP contribution in [0.15, 0.2) is 18.2 Å². The van der Waals surface area contributed by atoms with Gasteiger partial charge in [-0.3, -0.25) is 5.10 Å². The van der Waals surface area contributed by atoms with Gasteiger partial charge in [0.2, 0.25) is 0 Å². The van der Waals surface area contributed by atoms with Gasteiger partial charge in [0, 0.05) is 10.9 Å². The van der Waals surface area contributed by atoms with Crippen molar-refractivity contribution >= 4 is 17.2 Å². The van der Waals surface area contributed by atoms with Crippen LogP contribution in [0.3, 0.4) is 0 Å². The van der Waals surface area contributed by atoms with Gasteiger partial charge in [0.25, 0.3) is 0 Å². The van der Waals surface area contributed by atoms with E-state index >= 15 is 0 Å². The standard InChI is InChI=1S/C10H13N3S/c1-2-3-7-4-5-9(14-7)8-6-10(11)13-12-8/h4-6H,2-3H2,1H3,(H3,11,12,13). The number of hydrogen-bond acceptors (Lipinski definition) is 3. The van der Waals surface area contributed by atoms with Gasteiger partial charge in [-0.25, -0.2) is 0 Å². The fourth-order valence-corrected chi connectivity index (χ4v) is 2.44. The van der Waals surface area contributed by atoms with Crippen LogP contribution in [0, 0.1) is 0 Å². The molecule has 4 heteroatoms. The number of thiophene rings is 1. The lowest BCUT2D eigenvalue weighted by Gasteiger charge is -1.90. The highest BCUT2D eigenvalue weighted by molar-refractivity contribution is 7.15. The van der Waals surface area contributed by atoms with Gasteiger partial charge in [-0.2, -0.15) is 5.10 Å². The molecule has 0 atom stereocenters. The van der Waals surface area contributed by atoms with E-state index < -0.39 is 0 Å². The highest BCUT2D eigenvalue weighted by atomic mass is 32.1. The molecular weight excluding hydrogens is 194 g/mol. The number of aromatic amines is 1. The van der Waals surface area contributed by atoms with E-state index in [9.17, 15) is 0 Å². The van der Waals surface area contributed by atoms with Crippen molar-refractivity contribution in [2.24, 2.45) is 0 Å². The first-order valence-corrected chi connectivity index (χ1v) is 5.51. The average Bonchev–Trinajstić information content (AvgIpc) is 2.74. The molecule has 3 nitrogen and oxygen atoms in total. The fraction of sp³-hybridized carbons (Fsp3) is 0.300. The van der Waals surface area contributed by atoms with Crippen LogP contribution in [0.4, 0.5) is 5.82 Å². The number of rotatable bonds is 3. The van der Waals surface area contributed by atoms with Gasteiger partial charge in [0.1, 0.15) is 5.82 Å². The van der Waals surface area contributed by atoms with Gasteiger partial charge in [-0.05, 0) is 18.6 Å². The van der Waals surface area contributed by atoms with Crippen LogP contribution in [-0.2, 0) is 6.42 Å². The average molecular weight is 207 g/mol. The van der Waals surface area contributed by atoms with Crippen molar-refractivity contribution in [3.05, 3.63) is 23.1 Å². The summed E-state index contributed by atoms with van der Waals surface area (Å²) in [5.41, 5.74) is 6.55. The number of nitrogens with two attached hydrogens (primary N) is 1. The highest BCUT2D eigenvalue weighted by Crippen LogP contribution is 2.27. The zero-order valence-electron chi connectivity index (χ0n) is 8.08. The number of H-pyrrole nitrogens is 1. The Hall–Kier alpha value is -1.29. The molecule has 14 heavy (non-hydrogen) atoms. The smallest absolute Gasteiger partial charge is 0.145 e. The Bertz CT molecular complexity index is 416. The first-order valence-electron chi connectivity index (χ1n) is 4.69. The molecule has 0 saturated carbocycles. The van der Waals surface area contributed by atoms with Crippen molar-refractivity contribution < 1.29 is 0 Å². The summed E-state index contributed by atoms with van der Waals surface area (Å²) in [6.45, 7) is 2.19. The quantitative estimate of drug-likeness (QED) is 0.813. The topological polar surface area (TPSA) is 54.7 Å². The molecule has 2 rings (SSSR count). The van der Waals surface area contributed by atoms with Gasteiger partial charge >= 0.3 is 0 Å². The number of anilines is 1. The van der Waals surface area contributed by atoms with Crippen LogP contribution in [0.1, 0.15) is 18.2 Å². The Kier molecular flexibility index (Phi) is 2.54. The minimum absolute atomic E-state index is 0.547. The van der Waals surface area contributed by atoms with Crippen LogP contribution in [0.25, 0.3) is 10.6 Å². The molecule has 2 aromatic rings. The molecule has 3 N–H and O–H groups in total. The number of nitrogens with zero attached hydrogens (tertiary/aromatic N) is 1. The lowest BCUT2D eigenvalue weighted by Crippen LogP contribution is -1.81. The van der Waals surface area contributed by atoms with Gasteiger partial charge in [-0.1, -0.05) is 13.3 Å². The summed E-state index contributed by atoms with van der Waals surface area (Å²) in [4.78, 5) is 2.62. The summed E-state index contributed by atoms with van der Waals surface area (Å²) >= 11 is 1.80. The van der Waals surface area contributed by atoms with Gasteiger partial charge in [0.05, 0.1) is 10.6 Å². The molecule has 0 aliphatic rings. The molecule has 0 aliphatic carbocycles. The number of nitrogen functional groups attached to an aromatic ring is 1. The summed E-state index contributed by atoms with van der Waals surface area (Å²) in [7, 11) is 0. The maximum atomic E-state index is 5.54. The first kappa shape index (κ1) is 9.27. The molecule has 2 heterocycles. The predicted octanol–water partition coefficient (Wildman–Crippen LogP) is 2.67. The van der Waals surface area contributed by atoms with Gasteiger partial charge < -0.3 is 5.73 Å². The SMILES string of the molecule is CCCc1ccc(-c2cc(N)n[nH]2)s1. The van der Waals surface area contributed by atoms with Crippen LogP contribution < -0.4 is 5.73 Å². The Morgan fingerprint density at radius 2 is 2.36 bits per heavy atom. The Morgan fingerprint density at radius 1 is 1.50 bits per heavy atom. The molecule has 0 radical (unpaired) electrons. The van der Waals surface area contributed by atoms with Crippen LogP contribution in [0.2, 0.25) is 0 Å². The van der Waals surface area contributed by atoms with E-state index in [2.05, 4.69) is 29.3 Å². The van der Waals surface area contributed by atoms with E-state index in [1.165, 1.54) is 16.2 Å².